The van der Waals surface area contributed by atoms with E-state index in [0.717, 1.165) is 42.0 Å². The van der Waals surface area contributed by atoms with Gasteiger partial charge >= 0.3 is 5.92 Å². The molecule has 8 atom stereocenters. The SMILES string of the molecule is CC.CCCOC(CC)OC1C2CC3CC4(C(=O)C(F)(F)C(O)c5c(F)cccc5-c5cn(C(c6ccccc6)(c6ccccc6)c6ccccc6)cn5)CC1C2(C3)C4. The van der Waals surface area contributed by atoms with Gasteiger partial charge in [-0.25, -0.2) is 9.37 Å². The lowest BCUT2D eigenvalue weighted by molar-refractivity contribution is -0.255. The molecule has 1 N–H and O–H groups in total. The van der Waals surface area contributed by atoms with Crippen LogP contribution in [0.3, 0.4) is 0 Å². The van der Waals surface area contributed by atoms with Crippen LogP contribution in [-0.2, 0) is 19.8 Å². The molecule has 4 aliphatic carbocycles. The van der Waals surface area contributed by atoms with Gasteiger partial charge in [-0.15, -0.1) is 0 Å². The van der Waals surface area contributed by atoms with Crippen molar-refractivity contribution >= 4 is 5.78 Å². The normalized spacial score (nSPS) is 26.4. The van der Waals surface area contributed by atoms with Gasteiger partial charge in [0.25, 0.3) is 0 Å². The number of ketones is 1. The number of fused-ring (bicyclic) bond motifs is 2. The summed E-state index contributed by atoms with van der Waals surface area (Å²) in [5, 5.41) is 11.7. The average molecular weight is 805 g/mol. The molecule has 9 rings (SSSR count). The molecule has 310 valence electrons. The van der Waals surface area contributed by atoms with Crippen LogP contribution < -0.4 is 0 Å². The van der Waals surface area contributed by atoms with E-state index in [-0.39, 0.29) is 53.2 Å². The number of rotatable bonds is 15. The first-order valence-electron chi connectivity index (χ1n) is 21.5. The molecular weight excluding hydrogens is 750 g/mol. The van der Waals surface area contributed by atoms with Crippen molar-refractivity contribution < 1.29 is 32.5 Å². The Balaban J connectivity index is 0.00000238. The molecular formula is C50H55F3N2O4. The number of Topliss-reactive ketones (excluding diaryl/α,β-unsaturated/α-hetero) is 1. The second-order valence-electron chi connectivity index (χ2n) is 17.0. The minimum absolute atomic E-state index is 0.00526. The maximum atomic E-state index is 16.9. The highest BCUT2D eigenvalue weighted by Gasteiger charge is 2.78. The molecule has 0 amide bonds. The van der Waals surface area contributed by atoms with Crippen molar-refractivity contribution in [3.63, 3.8) is 0 Å². The smallest absolute Gasteiger partial charge is 0.335 e. The lowest BCUT2D eigenvalue weighted by atomic mass is 9.53. The Morgan fingerprint density at radius 1 is 0.864 bits per heavy atom. The number of ether oxygens (including phenoxy) is 2. The van der Waals surface area contributed by atoms with Crippen LogP contribution in [0, 0.1) is 34.4 Å². The first-order valence-corrected chi connectivity index (χ1v) is 21.5. The fourth-order valence-corrected chi connectivity index (χ4v) is 11.8. The molecule has 1 spiro atoms. The molecule has 0 saturated heterocycles. The number of halogens is 3. The van der Waals surface area contributed by atoms with Crippen molar-refractivity contribution in [1.82, 2.24) is 9.55 Å². The third-order valence-corrected chi connectivity index (χ3v) is 13.9. The van der Waals surface area contributed by atoms with Gasteiger partial charge < -0.3 is 19.1 Å². The van der Waals surface area contributed by atoms with E-state index in [4.69, 9.17) is 14.5 Å². The average Bonchev–Trinajstić information content (AvgIpc) is 3.91. The quantitative estimate of drug-likeness (QED) is 0.0843. The number of nitrogens with zero attached hydrogens (tertiary/aromatic N) is 2. The highest BCUT2D eigenvalue weighted by molar-refractivity contribution is 5.93. The number of aromatic nitrogens is 2. The summed E-state index contributed by atoms with van der Waals surface area (Å²) in [7, 11) is 0. The molecule has 0 aliphatic heterocycles. The lowest BCUT2D eigenvalue weighted by Crippen LogP contribution is -2.57. The van der Waals surface area contributed by atoms with Gasteiger partial charge in [-0.05, 0) is 90.9 Å². The Bertz CT molecular complexity index is 2140. The van der Waals surface area contributed by atoms with Gasteiger partial charge in [-0.2, -0.15) is 8.78 Å². The zero-order valence-electron chi connectivity index (χ0n) is 34.4. The van der Waals surface area contributed by atoms with E-state index < -0.39 is 40.1 Å². The number of hydrogen-bond acceptors (Lipinski definition) is 5. The highest BCUT2D eigenvalue weighted by Crippen LogP contribution is 2.80. The zero-order valence-corrected chi connectivity index (χ0v) is 34.4. The molecule has 4 fully saturated rings. The zero-order chi connectivity index (χ0) is 41.6. The summed E-state index contributed by atoms with van der Waals surface area (Å²) >= 11 is 0. The standard InChI is InChI=1S/C48H49F3N2O4.C2H6/c1-3-23-56-40(4-2)57-42-36-24-31-25-45(27-37(42)46(36,26-31)29-45)44(55)48(50,51)43(54)41-35(21-14-22-38(41)49)39-28-53(30-52-39)47(32-15-8-5-9-16-32,33-17-10-6-11-18-33)34-19-12-7-13-20-34;1-2/h5-22,28,30-31,36-37,40,42-43,54H,3-4,23-27,29H2,1-2H3;1-2H3. The topological polar surface area (TPSA) is 73.6 Å². The van der Waals surface area contributed by atoms with Crippen molar-refractivity contribution in [2.75, 3.05) is 6.61 Å². The lowest BCUT2D eigenvalue weighted by Gasteiger charge is -2.56. The van der Waals surface area contributed by atoms with Gasteiger partial charge in [-0.3, -0.25) is 4.79 Å². The molecule has 3 bridgehead atoms. The number of hydrogen-bond donors (Lipinski definition) is 1. The summed E-state index contributed by atoms with van der Waals surface area (Å²) in [6.45, 7) is 8.62. The van der Waals surface area contributed by atoms with Crippen molar-refractivity contribution in [2.45, 2.75) is 103 Å². The van der Waals surface area contributed by atoms with Crippen LogP contribution in [0.2, 0.25) is 0 Å². The molecule has 9 heteroatoms. The number of aliphatic hydroxyl groups is 1. The number of imidazole rings is 1. The maximum Gasteiger partial charge on any atom is 0.335 e. The second kappa shape index (κ2) is 16.1. The molecule has 6 nitrogen and oxygen atoms in total. The van der Waals surface area contributed by atoms with E-state index in [1.165, 1.54) is 12.1 Å². The van der Waals surface area contributed by atoms with Crippen molar-refractivity contribution in [1.29, 1.82) is 0 Å². The van der Waals surface area contributed by atoms with E-state index in [9.17, 15) is 9.90 Å². The number of benzene rings is 4. The minimum Gasteiger partial charge on any atom is -0.381 e. The highest BCUT2D eigenvalue weighted by atomic mass is 19.3. The Morgan fingerprint density at radius 3 is 2.05 bits per heavy atom. The summed E-state index contributed by atoms with van der Waals surface area (Å²) in [5.74, 6) is -6.28. The minimum atomic E-state index is -4.26. The van der Waals surface area contributed by atoms with E-state index >= 15 is 13.2 Å². The Morgan fingerprint density at radius 2 is 1.47 bits per heavy atom. The first-order chi connectivity index (χ1) is 28.6. The Labute approximate surface area is 345 Å². The molecule has 4 saturated carbocycles. The van der Waals surface area contributed by atoms with Crippen molar-refractivity contribution in [2.24, 2.45) is 28.6 Å². The van der Waals surface area contributed by atoms with E-state index in [0.29, 0.717) is 25.9 Å². The predicted octanol–water partition coefficient (Wildman–Crippen LogP) is 11.2. The molecule has 0 radical (unpaired) electrons. The molecule has 1 aromatic heterocycles. The fourth-order valence-electron chi connectivity index (χ4n) is 11.8. The summed E-state index contributed by atoms with van der Waals surface area (Å²) in [4.78, 5) is 19.2. The molecule has 8 unspecified atom stereocenters. The summed E-state index contributed by atoms with van der Waals surface area (Å²) in [6, 6.07) is 33.6. The summed E-state index contributed by atoms with van der Waals surface area (Å²) < 4.78 is 64.3. The van der Waals surface area contributed by atoms with Gasteiger partial charge in [0.15, 0.2) is 12.4 Å². The molecule has 5 aromatic rings. The van der Waals surface area contributed by atoms with Crippen LogP contribution >= 0.6 is 0 Å². The molecule has 59 heavy (non-hydrogen) atoms. The molecule has 4 aromatic carbocycles. The van der Waals surface area contributed by atoms with Gasteiger partial charge in [0.05, 0.1) is 18.1 Å². The van der Waals surface area contributed by atoms with Crippen LogP contribution in [0.4, 0.5) is 13.2 Å². The van der Waals surface area contributed by atoms with Gasteiger partial charge in [0, 0.05) is 29.3 Å². The van der Waals surface area contributed by atoms with Crippen molar-refractivity contribution in [3.8, 4) is 11.3 Å². The number of aliphatic hydroxyl groups excluding tert-OH is 1. The third kappa shape index (κ3) is 6.50. The van der Waals surface area contributed by atoms with Crippen LogP contribution in [0.25, 0.3) is 11.3 Å². The van der Waals surface area contributed by atoms with Crippen LogP contribution in [0.15, 0.2) is 122 Å². The Hall–Kier alpha value is -4.57. The van der Waals surface area contributed by atoms with Gasteiger partial charge in [0.1, 0.15) is 11.4 Å². The second-order valence-corrected chi connectivity index (χ2v) is 17.0. The first kappa shape index (κ1) is 41.2. The van der Waals surface area contributed by atoms with Gasteiger partial charge in [-0.1, -0.05) is 131 Å². The molecule has 4 aliphatic rings. The number of carbonyl (C=O) groups is 1. The van der Waals surface area contributed by atoms with Crippen LogP contribution in [-0.4, -0.2) is 45.4 Å². The fraction of sp³-hybridized carbons (Fsp3) is 0.440. The number of alkyl halides is 2. The number of carbonyl (C=O) groups excluding carboxylic acids is 1. The largest absolute Gasteiger partial charge is 0.381 e. The van der Waals surface area contributed by atoms with Crippen molar-refractivity contribution in [3.05, 3.63) is 150 Å². The van der Waals surface area contributed by atoms with Gasteiger partial charge in [0.2, 0.25) is 5.78 Å². The summed E-state index contributed by atoms with van der Waals surface area (Å²) in [5.41, 5.74) is -0.194. The maximum absolute atomic E-state index is 16.9. The third-order valence-electron chi connectivity index (χ3n) is 13.9. The van der Waals surface area contributed by atoms with E-state index in [2.05, 4.69) is 0 Å². The predicted molar refractivity (Wildman–Crippen MR) is 222 cm³/mol. The monoisotopic (exact) mass is 804 g/mol. The van der Waals surface area contributed by atoms with Crippen LogP contribution in [0.1, 0.15) is 101 Å². The Kier molecular flexibility index (Phi) is 11.3. The van der Waals surface area contributed by atoms with Crippen LogP contribution in [0.5, 0.6) is 0 Å². The van der Waals surface area contributed by atoms with E-state index in [1.807, 2.05) is 123 Å². The molecule has 1 heterocycles. The summed E-state index contributed by atoms with van der Waals surface area (Å²) in [6.07, 6.45) is 4.35. The van der Waals surface area contributed by atoms with E-state index in [1.54, 1.807) is 12.5 Å².